The van der Waals surface area contributed by atoms with Gasteiger partial charge < -0.3 is 24.2 Å². The van der Waals surface area contributed by atoms with Crippen LogP contribution >= 0.6 is 0 Å². The predicted octanol–water partition coefficient (Wildman–Crippen LogP) is 5.90. The number of fused-ring (bicyclic) bond motifs is 4. The minimum atomic E-state index is -0.919. The average Bonchev–Trinajstić information content (AvgIpc) is 3.64. The molecule has 6 aromatic rings. The van der Waals surface area contributed by atoms with E-state index in [4.69, 9.17) is 8.83 Å². The molecule has 0 atom stereocenters. The van der Waals surface area contributed by atoms with Crippen molar-refractivity contribution < 1.29 is 43.3 Å². The molecule has 0 spiro atoms. The van der Waals surface area contributed by atoms with Crippen molar-refractivity contribution in [1.29, 1.82) is 0 Å². The van der Waals surface area contributed by atoms with E-state index in [1.54, 1.807) is 6.07 Å². The van der Waals surface area contributed by atoms with Crippen LogP contribution in [-0.2, 0) is 6.42 Å². The number of phenolic OH excluding ortho intramolecular Hbond substituents is 3. The van der Waals surface area contributed by atoms with E-state index >= 15 is 0 Å². The number of aryl methyl sites for hydroxylation is 2. The molecule has 1 aliphatic carbocycles. The second kappa shape index (κ2) is 11.2. The molecule has 0 radical (unpaired) electrons. The third-order valence-corrected chi connectivity index (χ3v) is 8.32. The fraction of sp³-hybridized carbons (Fsp3) is 0.114. The van der Waals surface area contributed by atoms with Gasteiger partial charge in [0.05, 0.1) is 33.3 Å². The Morgan fingerprint density at radius 3 is 2.41 bits per heavy atom. The molecule has 0 unspecified atom stereocenters. The Morgan fingerprint density at radius 1 is 0.918 bits per heavy atom. The molecule has 14 nitrogen and oxygen atoms in total. The van der Waals surface area contributed by atoms with Crippen LogP contribution in [0.5, 0.6) is 17.2 Å². The lowest BCUT2D eigenvalue weighted by Gasteiger charge is -2.13. The van der Waals surface area contributed by atoms with Crippen molar-refractivity contribution in [3.05, 3.63) is 104 Å². The van der Waals surface area contributed by atoms with Crippen molar-refractivity contribution in [3.63, 3.8) is 0 Å². The fourth-order valence-corrected chi connectivity index (χ4v) is 6.05. The van der Waals surface area contributed by atoms with E-state index in [0.717, 1.165) is 0 Å². The summed E-state index contributed by atoms with van der Waals surface area (Å²) < 4.78 is 11.2. The van der Waals surface area contributed by atoms with Gasteiger partial charge in [-0.2, -0.15) is 4.99 Å². The lowest BCUT2D eigenvalue weighted by molar-refractivity contribution is 0.0951. The highest BCUT2D eigenvalue weighted by Gasteiger charge is 2.39. The number of aromatic nitrogens is 2. The number of amides is 1. The Kier molecular flexibility index (Phi) is 7.01. The first-order valence-corrected chi connectivity index (χ1v) is 14.6. The summed E-state index contributed by atoms with van der Waals surface area (Å²) in [6.07, 6.45) is 1.05. The zero-order valence-corrected chi connectivity index (χ0v) is 25.8. The standard InChI is InChI=1S/C35H22N4O10/c1-13-23(25-29(42)18-5-4-10-36-27(18)32(45)34(25)48-13)22(41)12-17-7-6-16(11-21(17)40)20-9-8-19-28(38-20)31(44)26-24(35(46)37-15(3)39-47)14(2)49-33(26)30(19)43/h4-11,40,43-44H,12H2,1-3H3. The van der Waals surface area contributed by atoms with Gasteiger partial charge in [-0.1, -0.05) is 12.1 Å². The van der Waals surface area contributed by atoms with Gasteiger partial charge in [0, 0.05) is 29.1 Å². The smallest absolute Gasteiger partial charge is 0.283 e. The number of ketones is 3. The van der Waals surface area contributed by atoms with Crippen molar-refractivity contribution in [2.24, 2.45) is 10.2 Å². The van der Waals surface area contributed by atoms with Gasteiger partial charge in [-0.15, -0.1) is 4.91 Å². The number of rotatable bonds is 5. The van der Waals surface area contributed by atoms with Gasteiger partial charge in [0.25, 0.3) is 5.91 Å². The maximum atomic E-state index is 13.5. The third kappa shape index (κ3) is 4.68. The molecule has 0 aliphatic heterocycles. The molecule has 14 heteroatoms. The molecule has 1 aliphatic rings. The molecule has 2 aromatic carbocycles. The number of furan rings is 2. The highest BCUT2D eigenvalue weighted by atomic mass is 16.4. The molecule has 0 fully saturated rings. The van der Waals surface area contributed by atoms with Crippen LogP contribution in [0.4, 0.5) is 0 Å². The Hall–Kier alpha value is -6.83. The lowest BCUT2D eigenvalue weighted by atomic mass is 9.87. The Bertz CT molecular complexity index is 2540. The lowest BCUT2D eigenvalue weighted by Crippen LogP contribution is -2.23. The molecule has 0 saturated carbocycles. The average molecular weight is 659 g/mol. The predicted molar refractivity (Wildman–Crippen MR) is 172 cm³/mol. The molecular formula is C35H22N4O10. The number of benzene rings is 2. The van der Waals surface area contributed by atoms with E-state index in [-0.39, 0.29) is 96.4 Å². The van der Waals surface area contributed by atoms with Gasteiger partial charge in [0.15, 0.2) is 40.2 Å². The number of Topliss-reactive ketones (excluding diaryl/α,β-unsaturated/α-hetero) is 1. The van der Waals surface area contributed by atoms with Crippen LogP contribution in [0.3, 0.4) is 0 Å². The molecule has 4 heterocycles. The summed E-state index contributed by atoms with van der Waals surface area (Å²) in [6, 6.07) is 10.4. The first-order chi connectivity index (χ1) is 23.4. The van der Waals surface area contributed by atoms with E-state index in [9.17, 15) is 39.4 Å². The molecule has 3 N–H and O–H groups in total. The number of nitrogens with zero attached hydrogens (tertiary/aromatic N) is 4. The number of aromatic hydroxyl groups is 3. The van der Waals surface area contributed by atoms with Crippen LogP contribution in [-0.4, -0.2) is 54.4 Å². The van der Waals surface area contributed by atoms with Gasteiger partial charge >= 0.3 is 0 Å². The monoisotopic (exact) mass is 658 g/mol. The zero-order valence-electron chi connectivity index (χ0n) is 25.8. The second-order valence-electron chi connectivity index (χ2n) is 11.3. The molecule has 0 saturated heterocycles. The SMILES string of the molecule is CC(N=O)=NC(=O)c1c(C)oc2c(O)c3ccc(-c4ccc(CC(=O)c5c(C)oc6c5C(=O)c5cccnc5C6=O)c(O)c4)nc3c(O)c12. The van der Waals surface area contributed by atoms with Gasteiger partial charge in [-0.05, 0) is 56.3 Å². The summed E-state index contributed by atoms with van der Waals surface area (Å²) in [5, 5.41) is 35.8. The van der Waals surface area contributed by atoms with Crippen molar-refractivity contribution in [1.82, 2.24) is 9.97 Å². The first kappa shape index (κ1) is 30.8. The first-order valence-electron chi connectivity index (χ1n) is 14.6. The van der Waals surface area contributed by atoms with Crippen molar-refractivity contribution in [3.8, 4) is 28.5 Å². The minimum Gasteiger partial charge on any atom is -0.508 e. The van der Waals surface area contributed by atoms with Gasteiger partial charge in [0.2, 0.25) is 5.78 Å². The van der Waals surface area contributed by atoms with Crippen molar-refractivity contribution >= 4 is 51.0 Å². The zero-order chi connectivity index (χ0) is 34.9. The second-order valence-corrected chi connectivity index (χ2v) is 11.3. The number of nitroso groups, excluding NO2 is 1. The summed E-state index contributed by atoms with van der Waals surface area (Å²) in [5.74, 6) is -4.30. The molecule has 242 valence electrons. The van der Waals surface area contributed by atoms with Crippen LogP contribution in [0.2, 0.25) is 0 Å². The summed E-state index contributed by atoms with van der Waals surface area (Å²) in [6.45, 7) is 4.13. The van der Waals surface area contributed by atoms with Gasteiger partial charge in [0.1, 0.15) is 28.5 Å². The van der Waals surface area contributed by atoms with Crippen LogP contribution in [0.1, 0.15) is 76.9 Å². The summed E-state index contributed by atoms with van der Waals surface area (Å²) in [7, 11) is 0. The molecule has 4 aromatic heterocycles. The Balaban J connectivity index is 1.24. The number of hydrogen-bond acceptors (Lipinski definition) is 12. The summed E-state index contributed by atoms with van der Waals surface area (Å²) in [5.41, 5.74) is 0.179. The van der Waals surface area contributed by atoms with Crippen LogP contribution in [0.25, 0.3) is 33.1 Å². The van der Waals surface area contributed by atoms with Crippen LogP contribution < -0.4 is 0 Å². The normalized spacial score (nSPS) is 12.8. The fourth-order valence-electron chi connectivity index (χ4n) is 6.05. The Morgan fingerprint density at radius 2 is 1.67 bits per heavy atom. The number of hydrogen-bond donors (Lipinski definition) is 3. The topological polar surface area (TPSA) is 223 Å². The third-order valence-electron chi connectivity index (χ3n) is 8.32. The van der Waals surface area contributed by atoms with Crippen LogP contribution in [0, 0.1) is 18.8 Å². The number of amidine groups is 1. The van der Waals surface area contributed by atoms with E-state index in [1.807, 2.05) is 0 Å². The molecule has 1 amide bonds. The number of carbonyl (C=O) groups excluding carboxylic acids is 4. The number of aliphatic imine (C=N–C) groups is 1. The molecule has 49 heavy (non-hydrogen) atoms. The van der Waals surface area contributed by atoms with E-state index < -0.39 is 34.8 Å². The minimum absolute atomic E-state index is 0.0301. The molecule has 7 rings (SSSR count). The summed E-state index contributed by atoms with van der Waals surface area (Å²) in [4.78, 5) is 75.5. The number of phenols is 3. The number of pyridine rings is 2. The quantitative estimate of drug-likeness (QED) is 0.0647. The van der Waals surface area contributed by atoms with E-state index in [0.29, 0.717) is 5.56 Å². The van der Waals surface area contributed by atoms with Gasteiger partial charge in [-0.3, -0.25) is 24.2 Å². The maximum Gasteiger partial charge on any atom is 0.283 e. The molecule has 0 bridgehead atoms. The van der Waals surface area contributed by atoms with Crippen molar-refractivity contribution in [2.45, 2.75) is 27.2 Å². The highest BCUT2D eigenvalue weighted by molar-refractivity contribution is 6.29. The number of carbonyl (C=O) groups is 4. The molecular weight excluding hydrogens is 636 g/mol. The van der Waals surface area contributed by atoms with Crippen molar-refractivity contribution in [2.75, 3.05) is 0 Å². The van der Waals surface area contributed by atoms with E-state index in [1.165, 1.54) is 63.4 Å². The largest absolute Gasteiger partial charge is 0.508 e. The van der Waals surface area contributed by atoms with Gasteiger partial charge in [-0.25, -0.2) is 4.98 Å². The van der Waals surface area contributed by atoms with E-state index in [2.05, 4.69) is 20.1 Å². The maximum absolute atomic E-state index is 13.5. The summed E-state index contributed by atoms with van der Waals surface area (Å²) >= 11 is 0. The Labute approximate surface area is 274 Å². The van der Waals surface area contributed by atoms with Crippen LogP contribution in [0.15, 0.2) is 67.7 Å². The highest BCUT2D eigenvalue weighted by Crippen LogP contribution is 2.45.